The largest absolute Gasteiger partial charge is 0.351 e. The van der Waals surface area contributed by atoms with Crippen LogP contribution in [0.15, 0.2) is 24.3 Å². The van der Waals surface area contributed by atoms with E-state index in [0.29, 0.717) is 16.8 Å². The summed E-state index contributed by atoms with van der Waals surface area (Å²) < 4.78 is 0. The van der Waals surface area contributed by atoms with E-state index in [1.54, 1.807) is 0 Å². The van der Waals surface area contributed by atoms with Gasteiger partial charge >= 0.3 is 0 Å². The van der Waals surface area contributed by atoms with Crippen LogP contribution in [0.2, 0.25) is 5.02 Å². The van der Waals surface area contributed by atoms with E-state index < -0.39 is 6.04 Å². The fourth-order valence-corrected chi connectivity index (χ4v) is 6.52. The Labute approximate surface area is 225 Å². The van der Waals surface area contributed by atoms with E-state index in [0.717, 1.165) is 76.1 Å². The molecule has 3 saturated heterocycles. The number of nitrogens with zero attached hydrogens (tertiary/aromatic N) is 5. The first-order valence-corrected chi connectivity index (χ1v) is 14.2. The van der Waals surface area contributed by atoms with Gasteiger partial charge in [-0.05, 0) is 97.1 Å². The zero-order chi connectivity index (χ0) is 26.1. The van der Waals surface area contributed by atoms with Crippen molar-refractivity contribution in [1.29, 1.82) is 0 Å². The number of rotatable bonds is 5. The molecule has 0 saturated carbocycles. The van der Waals surface area contributed by atoms with Crippen LogP contribution < -0.4 is 0 Å². The molecule has 37 heavy (non-hydrogen) atoms. The number of aromatic nitrogens is 1. The molecule has 202 valence electrons. The molecule has 3 aliphatic heterocycles. The minimum atomic E-state index is -0.509. The molecule has 0 spiro atoms. The molecule has 1 N–H and O–H groups in total. The zero-order valence-corrected chi connectivity index (χ0v) is 23.2. The van der Waals surface area contributed by atoms with Crippen LogP contribution in [0.25, 0.3) is 10.9 Å². The van der Waals surface area contributed by atoms with Crippen LogP contribution in [0.1, 0.15) is 43.1 Å². The Kier molecular flexibility index (Phi) is 8.10. The number of carbonyl (C=O) groups excluding carboxylic acids is 2. The fourth-order valence-electron chi connectivity index (χ4n) is 6.34. The Bertz CT molecular complexity index is 1100. The van der Waals surface area contributed by atoms with Gasteiger partial charge in [0.1, 0.15) is 11.7 Å². The maximum absolute atomic E-state index is 14.0. The number of fused-ring (bicyclic) bond motifs is 1. The fraction of sp³-hybridized carbons (Fsp3) is 0.643. The number of hydrogen-bond donors (Lipinski definition) is 1. The highest BCUT2D eigenvalue weighted by Gasteiger charge is 2.38. The van der Waals surface area contributed by atoms with Crippen LogP contribution in [-0.4, -0.2) is 126 Å². The molecule has 4 heterocycles. The van der Waals surface area contributed by atoms with Gasteiger partial charge in [0.15, 0.2) is 0 Å². The second-order valence-electron chi connectivity index (χ2n) is 11.2. The third-order valence-electron chi connectivity index (χ3n) is 8.73. The highest BCUT2D eigenvalue weighted by molar-refractivity contribution is 6.31. The van der Waals surface area contributed by atoms with Crippen molar-refractivity contribution in [3.05, 3.63) is 35.0 Å². The number of carbonyl (C=O) groups is 2. The predicted octanol–water partition coefficient (Wildman–Crippen LogP) is 2.98. The van der Waals surface area contributed by atoms with Crippen molar-refractivity contribution < 1.29 is 9.59 Å². The van der Waals surface area contributed by atoms with E-state index in [9.17, 15) is 9.59 Å². The van der Waals surface area contributed by atoms with Crippen molar-refractivity contribution in [2.75, 3.05) is 66.5 Å². The van der Waals surface area contributed by atoms with E-state index >= 15 is 0 Å². The average molecular weight is 529 g/mol. The number of piperazine rings is 1. The molecule has 9 heteroatoms. The molecule has 0 unspecified atom stereocenters. The van der Waals surface area contributed by atoms with Crippen LogP contribution in [0.3, 0.4) is 0 Å². The molecule has 3 aliphatic rings. The Morgan fingerprint density at radius 3 is 2.19 bits per heavy atom. The lowest BCUT2D eigenvalue weighted by Crippen LogP contribution is -2.59. The topological polar surface area (TPSA) is 66.1 Å². The molecule has 1 atom stereocenters. The summed E-state index contributed by atoms with van der Waals surface area (Å²) in [5.41, 5.74) is 1.39. The molecule has 1 aromatic carbocycles. The average Bonchev–Trinajstić information content (AvgIpc) is 3.33. The van der Waals surface area contributed by atoms with E-state index in [1.165, 1.54) is 12.8 Å². The van der Waals surface area contributed by atoms with Crippen molar-refractivity contribution in [2.45, 2.75) is 50.7 Å². The lowest BCUT2D eigenvalue weighted by molar-refractivity contribution is -0.138. The number of amides is 2. The third-order valence-corrected chi connectivity index (χ3v) is 8.97. The molecule has 5 rings (SSSR count). The number of hydrogen-bond acceptors (Lipinski definition) is 5. The molecule has 0 radical (unpaired) electrons. The maximum atomic E-state index is 14.0. The molecule has 0 bridgehead atoms. The summed E-state index contributed by atoms with van der Waals surface area (Å²) in [7, 11) is 4.30. The van der Waals surface area contributed by atoms with Crippen molar-refractivity contribution in [1.82, 2.24) is 29.5 Å². The summed E-state index contributed by atoms with van der Waals surface area (Å²) in [6, 6.07) is 7.60. The standard InChI is InChI=1S/C28H41ClN6O2/c1-20(27(36)34-16-14-33(15-17-34)23-6-10-31(2)11-7-23)35(24-8-12-32(3)13-9-24)28(37)26-19-21-18-22(29)4-5-25(21)30-26/h4-5,18-20,23-24,30H,6-17H2,1-3H3/t20-/m1/s1. The van der Waals surface area contributed by atoms with E-state index in [-0.39, 0.29) is 17.9 Å². The molecule has 2 aromatic rings. The smallest absolute Gasteiger partial charge is 0.271 e. The molecule has 1 aromatic heterocycles. The van der Waals surface area contributed by atoms with Crippen molar-refractivity contribution in [3.8, 4) is 0 Å². The van der Waals surface area contributed by atoms with Gasteiger partial charge in [-0.1, -0.05) is 11.6 Å². The molecule has 3 fully saturated rings. The Morgan fingerprint density at radius 2 is 1.54 bits per heavy atom. The lowest BCUT2D eigenvalue weighted by Gasteiger charge is -2.44. The van der Waals surface area contributed by atoms with Crippen LogP contribution in [0, 0.1) is 0 Å². The molecular formula is C28H41ClN6O2. The Hall–Kier alpha value is -2.13. The first-order chi connectivity index (χ1) is 17.8. The third kappa shape index (κ3) is 5.82. The molecular weight excluding hydrogens is 488 g/mol. The predicted molar refractivity (Wildman–Crippen MR) is 148 cm³/mol. The van der Waals surface area contributed by atoms with Crippen molar-refractivity contribution in [2.24, 2.45) is 0 Å². The van der Waals surface area contributed by atoms with Gasteiger partial charge in [-0.25, -0.2) is 0 Å². The van der Waals surface area contributed by atoms with Gasteiger partial charge in [0.05, 0.1) is 0 Å². The zero-order valence-electron chi connectivity index (χ0n) is 22.5. The molecule has 0 aliphatic carbocycles. The second kappa shape index (κ2) is 11.3. The number of nitrogens with one attached hydrogen (secondary N) is 1. The molecule has 8 nitrogen and oxygen atoms in total. The minimum absolute atomic E-state index is 0.0400. The summed E-state index contributed by atoms with van der Waals surface area (Å²) in [4.78, 5) is 42.1. The summed E-state index contributed by atoms with van der Waals surface area (Å²) in [5, 5.41) is 1.55. The highest BCUT2D eigenvalue weighted by atomic mass is 35.5. The van der Waals surface area contributed by atoms with Crippen LogP contribution in [-0.2, 0) is 4.79 Å². The quantitative estimate of drug-likeness (QED) is 0.646. The van der Waals surface area contributed by atoms with Gasteiger partial charge in [-0.2, -0.15) is 0 Å². The van der Waals surface area contributed by atoms with Crippen molar-refractivity contribution in [3.63, 3.8) is 0 Å². The lowest BCUT2D eigenvalue weighted by atomic mass is 10.00. The maximum Gasteiger partial charge on any atom is 0.271 e. The number of benzene rings is 1. The SMILES string of the molecule is C[C@H](C(=O)N1CCN(C2CCN(C)CC2)CC1)N(C(=O)c1cc2cc(Cl)ccc2[nH]1)C1CCN(C)CC1. The normalized spacial score (nSPS) is 22.4. The van der Waals surface area contributed by atoms with Gasteiger partial charge in [-0.15, -0.1) is 0 Å². The number of H-pyrrole nitrogens is 1. The van der Waals surface area contributed by atoms with Crippen LogP contribution >= 0.6 is 11.6 Å². The first-order valence-electron chi connectivity index (χ1n) is 13.8. The van der Waals surface area contributed by atoms with Crippen LogP contribution in [0.4, 0.5) is 0 Å². The van der Waals surface area contributed by atoms with E-state index in [2.05, 4.69) is 33.8 Å². The minimum Gasteiger partial charge on any atom is -0.351 e. The van der Waals surface area contributed by atoms with Crippen molar-refractivity contribution >= 4 is 34.3 Å². The highest BCUT2D eigenvalue weighted by Crippen LogP contribution is 2.26. The van der Waals surface area contributed by atoms with E-state index in [1.807, 2.05) is 41.0 Å². The van der Waals surface area contributed by atoms with E-state index in [4.69, 9.17) is 11.6 Å². The summed E-state index contributed by atoms with van der Waals surface area (Å²) in [5.74, 6) is -0.0397. The Morgan fingerprint density at radius 1 is 0.919 bits per heavy atom. The Balaban J connectivity index is 1.30. The van der Waals surface area contributed by atoms with Gasteiger partial charge in [-0.3, -0.25) is 14.5 Å². The second-order valence-corrected chi connectivity index (χ2v) is 11.7. The summed E-state index contributed by atoms with van der Waals surface area (Å²) in [6.07, 6.45) is 4.15. The van der Waals surface area contributed by atoms with Gasteiger partial charge < -0.3 is 24.6 Å². The monoisotopic (exact) mass is 528 g/mol. The molecule has 2 amide bonds. The van der Waals surface area contributed by atoms with Gasteiger partial charge in [0, 0.05) is 54.2 Å². The summed E-state index contributed by atoms with van der Waals surface area (Å²) in [6.45, 7) is 9.35. The van der Waals surface area contributed by atoms with Crippen LogP contribution in [0.5, 0.6) is 0 Å². The number of aromatic amines is 1. The van der Waals surface area contributed by atoms with Gasteiger partial charge in [0.2, 0.25) is 5.91 Å². The summed E-state index contributed by atoms with van der Waals surface area (Å²) >= 11 is 6.18. The first kappa shape index (κ1) is 26.5. The number of likely N-dealkylation sites (tertiary alicyclic amines) is 2. The number of piperidine rings is 2. The van der Waals surface area contributed by atoms with Gasteiger partial charge in [0.25, 0.3) is 5.91 Å². The number of halogens is 1.